The van der Waals surface area contributed by atoms with Crippen molar-refractivity contribution in [1.82, 2.24) is 9.88 Å². The van der Waals surface area contributed by atoms with Crippen molar-refractivity contribution in [2.45, 2.75) is 64.5 Å². The monoisotopic (exact) mass is 549 g/mol. The van der Waals surface area contributed by atoms with Gasteiger partial charge in [0, 0.05) is 16.7 Å². The number of rotatable bonds is 11. The number of carbonyl (C=O) groups excluding carboxylic acids is 2. The van der Waals surface area contributed by atoms with Gasteiger partial charge in [0.05, 0.1) is 11.3 Å². The zero-order valence-corrected chi connectivity index (χ0v) is 23.2. The van der Waals surface area contributed by atoms with Gasteiger partial charge in [-0.2, -0.15) is 0 Å². The maximum Gasteiger partial charge on any atom is 0.323 e. The summed E-state index contributed by atoms with van der Waals surface area (Å²) in [6.07, 6.45) is 5.63. The minimum atomic E-state index is -0.329. The molecular formula is C31H36ClN3O4. The van der Waals surface area contributed by atoms with Crippen molar-refractivity contribution in [1.29, 1.82) is 0 Å². The van der Waals surface area contributed by atoms with E-state index in [1.807, 2.05) is 24.3 Å². The van der Waals surface area contributed by atoms with Crippen LogP contribution in [0.2, 0.25) is 5.02 Å². The smallest absolute Gasteiger partial charge is 0.323 e. The molecule has 1 atom stereocenters. The molecule has 7 nitrogen and oxygen atoms in total. The molecule has 0 aliphatic heterocycles. The van der Waals surface area contributed by atoms with E-state index in [4.69, 9.17) is 22.1 Å². The number of pyridine rings is 1. The number of nitrogens with one attached hydrogen (secondary N) is 1. The summed E-state index contributed by atoms with van der Waals surface area (Å²) in [5.41, 5.74) is 8.28. The molecule has 3 N–H and O–H groups in total. The number of hydrogen-bond donors (Lipinski definition) is 2. The highest BCUT2D eigenvalue weighted by Crippen LogP contribution is 2.23. The molecule has 0 bridgehead atoms. The number of anilines is 1. The number of nitrogen functional groups attached to an aromatic ring is 1. The molecule has 1 saturated carbocycles. The lowest BCUT2D eigenvalue weighted by Gasteiger charge is -2.22. The van der Waals surface area contributed by atoms with E-state index in [0.29, 0.717) is 35.2 Å². The predicted octanol–water partition coefficient (Wildman–Crippen LogP) is 5.34. The van der Waals surface area contributed by atoms with Crippen LogP contribution < -0.4 is 16.6 Å². The van der Waals surface area contributed by atoms with E-state index in [1.54, 1.807) is 24.3 Å². The number of nitrogens with two attached hydrogens (primary N) is 1. The third kappa shape index (κ3) is 7.37. The second-order valence-electron chi connectivity index (χ2n) is 10.5. The fourth-order valence-electron chi connectivity index (χ4n) is 4.96. The zero-order valence-electron chi connectivity index (χ0n) is 22.5. The minimum Gasteiger partial charge on any atom is -0.461 e. The molecule has 1 fully saturated rings. The molecule has 1 aliphatic rings. The summed E-state index contributed by atoms with van der Waals surface area (Å²) in [4.78, 5) is 38.5. The Labute approximate surface area is 234 Å². The molecule has 1 aromatic heterocycles. The highest BCUT2D eigenvalue weighted by Gasteiger charge is 2.26. The number of ketones is 1. The Hall–Kier alpha value is -3.42. The molecule has 0 saturated heterocycles. The lowest BCUT2D eigenvalue weighted by molar-refractivity contribution is -0.151. The number of nitrogens with zero attached hydrogens (tertiary/aromatic N) is 1. The highest BCUT2D eigenvalue weighted by atomic mass is 35.5. The molecule has 2 aromatic carbocycles. The zero-order chi connectivity index (χ0) is 27.9. The van der Waals surface area contributed by atoms with Crippen LogP contribution in [0.15, 0.2) is 65.5 Å². The van der Waals surface area contributed by atoms with Crippen LogP contribution >= 0.6 is 11.6 Å². The number of hydrogen-bond acceptors (Lipinski definition) is 6. The first-order valence-electron chi connectivity index (χ1n) is 13.6. The summed E-state index contributed by atoms with van der Waals surface area (Å²) in [7, 11) is 0. The van der Waals surface area contributed by atoms with Crippen LogP contribution in [0.1, 0.15) is 67.4 Å². The van der Waals surface area contributed by atoms with Crippen LogP contribution in [0.25, 0.3) is 5.69 Å². The van der Waals surface area contributed by atoms with Crippen molar-refractivity contribution in [3.05, 3.63) is 92.7 Å². The summed E-state index contributed by atoms with van der Waals surface area (Å²) in [6, 6.07) is 16.5. The number of aromatic nitrogens is 1. The Morgan fingerprint density at radius 2 is 1.69 bits per heavy atom. The fourth-order valence-corrected chi connectivity index (χ4v) is 5.08. The van der Waals surface area contributed by atoms with Crippen LogP contribution in [0.5, 0.6) is 0 Å². The molecule has 0 spiro atoms. The summed E-state index contributed by atoms with van der Waals surface area (Å²) in [6.45, 7) is 4.81. The molecule has 0 radical (unpaired) electrons. The van der Waals surface area contributed by atoms with E-state index in [9.17, 15) is 14.4 Å². The molecule has 4 rings (SSSR count). The normalized spacial score (nSPS) is 14.5. The van der Waals surface area contributed by atoms with Crippen molar-refractivity contribution in [3.8, 4) is 5.69 Å². The van der Waals surface area contributed by atoms with Crippen molar-refractivity contribution < 1.29 is 14.3 Å². The Kier molecular flexibility index (Phi) is 9.59. The van der Waals surface area contributed by atoms with Gasteiger partial charge >= 0.3 is 5.97 Å². The Morgan fingerprint density at radius 3 is 2.33 bits per heavy atom. The molecule has 1 aliphatic carbocycles. The average Bonchev–Trinajstić information content (AvgIpc) is 3.42. The van der Waals surface area contributed by atoms with E-state index in [-0.39, 0.29) is 40.8 Å². The fraction of sp³-hybridized carbons (Fsp3) is 0.387. The number of benzene rings is 2. The lowest BCUT2D eigenvalue weighted by Crippen LogP contribution is -2.41. The largest absolute Gasteiger partial charge is 0.461 e. The van der Waals surface area contributed by atoms with Crippen LogP contribution in [0, 0.1) is 5.92 Å². The average molecular weight is 550 g/mol. The first kappa shape index (κ1) is 28.6. The van der Waals surface area contributed by atoms with Gasteiger partial charge in [0.2, 0.25) is 0 Å². The van der Waals surface area contributed by atoms with Crippen LogP contribution in [0.4, 0.5) is 5.82 Å². The Balaban J connectivity index is 1.42. The number of esters is 1. The number of halogens is 1. The summed E-state index contributed by atoms with van der Waals surface area (Å²) in [5, 5.41) is 3.91. The Bertz CT molecular complexity index is 1340. The lowest BCUT2D eigenvalue weighted by atomic mass is 10.0. The molecule has 39 heavy (non-hydrogen) atoms. The van der Waals surface area contributed by atoms with Gasteiger partial charge in [-0.3, -0.25) is 19.0 Å². The quantitative estimate of drug-likeness (QED) is 0.247. The van der Waals surface area contributed by atoms with Gasteiger partial charge in [0.1, 0.15) is 18.0 Å². The van der Waals surface area contributed by atoms with Crippen LogP contribution in [0.3, 0.4) is 0 Å². The van der Waals surface area contributed by atoms with Gasteiger partial charge < -0.3 is 15.8 Å². The summed E-state index contributed by atoms with van der Waals surface area (Å²) >= 11 is 5.94. The predicted molar refractivity (Wildman–Crippen MR) is 155 cm³/mol. The number of carbonyl (C=O) groups is 2. The van der Waals surface area contributed by atoms with E-state index in [1.165, 1.54) is 16.7 Å². The topological polar surface area (TPSA) is 103 Å². The van der Waals surface area contributed by atoms with Gasteiger partial charge in [-0.1, -0.05) is 37.6 Å². The maximum atomic E-state index is 13.0. The molecule has 206 valence electrons. The van der Waals surface area contributed by atoms with Crippen molar-refractivity contribution in [2.75, 3.05) is 12.3 Å². The SMILES string of the molecule is CC(C)C[C@H](NCCc1ccc(-n2c(N)c(C(=O)c3ccc(Cl)cc3)ccc2=O)cc1)C(=O)OC1CCCC1. The summed E-state index contributed by atoms with van der Waals surface area (Å²) < 4.78 is 7.08. The van der Waals surface area contributed by atoms with Gasteiger partial charge in [-0.25, -0.2) is 0 Å². The second-order valence-corrected chi connectivity index (χ2v) is 11.0. The summed E-state index contributed by atoms with van der Waals surface area (Å²) in [5.74, 6) is -0.00460. The molecular weight excluding hydrogens is 514 g/mol. The van der Waals surface area contributed by atoms with Gasteiger partial charge in [0.15, 0.2) is 5.78 Å². The standard InChI is InChI=1S/C31H36ClN3O4/c1-20(2)19-27(31(38)39-25-5-3-4-6-25)34-18-17-21-7-13-24(14-8-21)35-28(36)16-15-26(30(35)33)29(37)22-9-11-23(32)12-10-22/h7-16,20,25,27,34H,3-6,17-19,33H2,1-2H3/t27-/m0/s1. The molecule has 1 heterocycles. The van der Waals surface area contributed by atoms with E-state index < -0.39 is 0 Å². The van der Waals surface area contributed by atoms with Crippen molar-refractivity contribution >= 4 is 29.2 Å². The van der Waals surface area contributed by atoms with Gasteiger partial charge in [-0.15, -0.1) is 0 Å². The van der Waals surface area contributed by atoms with Crippen molar-refractivity contribution in [3.63, 3.8) is 0 Å². The van der Waals surface area contributed by atoms with E-state index in [2.05, 4.69) is 19.2 Å². The first-order valence-corrected chi connectivity index (χ1v) is 14.0. The van der Waals surface area contributed by atoms with E-state index in [0.717, 1.165) is 37.7 Å². The van der Waals surface area contributed by atoms with Gasteiger partial charge in [0.25, 0.3) is 5.56 Å². The minimum absolute atomic E-state index is 0.0531. The van der Waals surface area contributed by atoms with Crippen molar-refractivity contribution in [2.24, 2.45) is 5.92 Å². The number of ether oxygens (including phenoxy) is 1. The molecule has 0 unspecified atom stereocenters. The maximum absolute atomic E-state index is 13.0. The second kappa shape index (κ2) is 13.1. The van der Waals surface area contributed by atoms with Crippen LogP contribution in [-0.4, -0.2) is 35.0 Å². The molecule has 3 aromatic rings. The van der Waals surface area contributed by atoms with E-state index >= 15 is 0 Å². The molecule has 8 heteroatoms. The Morgan fingerprint density at radius 1 is 1.03 bits per heavy atom. The third-order valence-electron chi connectivity index (χ3n) is 7.06. The molecule has 0 amide bonds. The van der Waals surface area contributed by atoms with Gasteiger partial charge in [-0.05, 0) is 99.0 Å². The first-order chi connectivity index (χ1) is 18.7. The highest BCUT2D eigenvalue weighted by molar-refractivity contribution is 6.30. The third-order valence-corrected chi connectivity index (χ3v) is 7.31. The van der Waals surface area contributed by atoms with Crippen LogP contribution in [-0.2, 0) is 16.0 Å².